The SMILES string of the molecule is COc1ccc(OC)c(-c2nnc3ccc(OCCNC(=O)c4ccc(Cl)cc4)nn23)c1. The van der Waals surface area contributed by atoms with Crippen molar-refractivity contribution < 1.29 is 19.0 Å². The Labute approximate surface area is 188 Å². The van der Waals surface area contributed by atoms with E-state index in [4.69, 9.17) is 25.8 Å². The highest BCUT2D eigenvalue weighted by molar-refractivity contribution is 6.30. The molecule has 1 amide bonds. The van der Waals surface area contributed by atoms with Gasteiger partial charge in [0.05, 0.1) is 26.3 Å². The van der Waals surface area contributed by atoms with Crippen LogP contribution in [0.15, 0.2) is 54.6 Å². The van der Waals surface area contributed by atoms with Crippen molar-refractivity contribution in [2.24, 2.45) is 0 Å². The molecule has 2 aromatic heterocycles. The van der Waals surface area contributed by atoms with Crippen LogP contribution >= 0.6 is 11.6 Å². The molecule has 0 aliphatic rings. The second kappa shape index (κ2) is 9.52. The molecule has 0 unspecified atom stereocenters. The fraction of sp³-hybridized carbons (Fsp3) is 0.182. The molecular formula is C22H20ClN5O4. The smallest absolute Gasteiger partial charge is 0.251 e. The van der Waals surface area contributed by atoms with E-state index in [9.17, 15) is 4.79 Å². The van der Waals surface area contributed by atoms with Gasteiger partial charge in [0.15, 0.2) is 11.5 Å². The summed E-state index contributed by atoms with van der Waals surface area (Å²) in [6, 6.07) is 15.5. The summed E-state index contributed by atoms with van der Waals surface area (Å²) in [5.74, 6) is 1.90. The molecule has 0 atom stereocenters. The van der Waals surface area contributed by atoms with Gasteiger partial charge in [-0.05, 0) is 48.5 Å². The summed E-state index contributed by atoms with van der Waals surface area (Å²) in [5.41, 5.74) is 1.75. The highest BCUT2D eigenvalue weighted by Crippen LogP contribution is 2.32. The van der Waals surface area contributed by atoms with E-state index in [1.54, 1.807) is 73.3 Å². The van der Waals surface area contributed by atoms with Crippen molar-refractivity contribution in [3.63, 3.8) is 0 Å². The zero-order chi connectivity index (χ0) is 22.5. The molecule has 0 bridgehead atoms. The van der Waals surface area contributed by atoms with Crippen LogP contribution in [0.5, 0.6) is 17.4 Å². The summed E-state index contributed by atoms with van der Waals surface area (Å²) < 4.78 is 18.0. The average molecular weight is 454 g/mol. The highest BCUT2D eigenvalue weighted by Gasteiger charge is 2.16. The van der Waals surface area contributed by atoms with Gasteiger partial charge in [-0.1, -0.05) is 11.6 Å². The fourth-order valence-corrected chi connectivity index (χ4v) is 3.16. The zero-order valence-electron chi connectivity index (χ0n) is 17.4. The van der Waals surface area contributed by atoms with Crippen molar-refractivity contribution in [3.05, 3.63) is 65.2 Å². The van der Waals surface area contributed by atoms with E-state index < -0.39 is 0 Å². The summed E-state index contributed by atoms with van der Waals surface area (Å²) in [7, 11) is 3.16. The molecule has 32 heavy (non-hydrogen) atoms. The van der Waals surface area contributed by atoms with Crippen LogP contribution in [0.25, 0.3) is 17.0 Å². The van der Waals surface area contributed by atoms with Crippen LogP contribution < -0.4 is 19.5 Å². The molecule has 0 fully saturated rings. The maximum absolute atomic E-state index is 12.2. The van der Waals surface area contributed by atoms with Crippen LogP contribution in [0.2, 0.25) is 5.02 Å². The number of aromatic nitrogens is 4. The molecule has 9 nitrogen and oxygen atoms in total. The van der Waals surface area contributed by atoms with E-state index in [1.165, 1.54) is 0 Å². The topological polar surface area (TPSA) is 99.9 Å². The third kappa shape index (κ3) is 4.57. The van der Waals surface area contributed by atoms with E-state index >= 15 is 0 Å². The first-order valence-electron chi connectivity index (χ1n) is 9.70. The third-order valence-corrected chi connectivity index (χ3v) is 4.88. The van der Waals surface area contributed by atoms with Crippen molar-refractivity contribution in [2.45, 2.75) is 0 Å². The second-order valence-corrected chi connectivity index (χ2v) is 7.08. The van der Waals surface area contributed by atoms with E-state index in [0.717, 1.165) is 0 Å². The minimum atomic E-state index is -0.208. The van der Waals surface area contributed by atoms with Gasteiger partial charge in [-0.25, -0.2) is 0 Å². The normalized spacial score (nSPS) is 10.7. The van der Waals surface area contributed by atoms with Gasteiger partial charge in [0.1, 0.15) is 18.1 Å². The quantitative estimate of drug-likeness (QED) is 0.409. The van der Waals surface area contributed by atoms with E-state index in [-0.39, 0.29) is 12.5 Å². The Hall–Kier alpha value is -3.85. The lowest BCUT2D eigenvalue weighted by molar-refractivity contribution is 0.0946. The second-order valence-electron chi connectivity index (χ2n) is 6.64. The summed E-state index contributed by atoms with van der Waals surface area (Å²) in [5, 5.41) is 16.2. The summed E-state index contributed by atoms with van der Waals surface area (Å²) in [4.78, 5) is 12.2. The van der Waals surface area contributed by atoms with Crippen LogP contribution in [0.4, 0.5) is 0 Å². The number of nitrogens with one attached hydrogen (secondary N) is 1. The van der Waals surface area contributed by atoms with Crippen LogP contribution in [0.3, 0.4) is 0 Å². The Morgan fingerprint density at radius 3 is 2.59 bits per heavy atom. The molecule has 1 N–H and O–H groups in total. The Morgan fingerprint density at radius 1 is 1.03 bits per heavy atom. The Balaban J connectivity index is 1.46. The first kappa shape index (κ1) is 21.4. The van der Waals surface area contributed by atoms with Crippen LogP contribution in [0.1, 0.15) is 10.4 Å². The predicted octanol–water partition coefficient (Wildman–Crippen LogP) is 3.27. The number of amides is 1. The largest absolute Gasteiger partial charge is 0.497 e. The number of carbonyl (C=O) groups is 1. The average Bonchev–Trinajstić information content (AvgIpc) is 3.24. The molecule has 0 aliphatic heterocycles. The van der Waals surface area contributed by atoms with Crippen molar-refractivity contribution in [1.29, 1.82) is 0 Å². The number of methoxy groups -OCH3 is 2. The van der Waals surface area contributed by atoms with Gasteiger partial charge in [0, 0.05) is 16.7 Å². The molecule has 0 spiro atoms. The maximum atomic E-state index is 12.2. The molecule has 0 radical (unpaired) electrons. The monoisotopic (exact) mass is 453 g/mol. The Bertz CT molecular complexity index is 1240. The molecule has 4 aromatic rings. The van der Waals surface area contributed by atoms with Gasteiger partial charge in [-0.15, -0.1) is 15.3 Å². The number of ether oxygens (including phenoxy) is 3. The molecule has 164 valence electrons. The minimum Gasteiger partial charge on any atom is -0.497 e. The lowest BCUT2D eigenvalue weighted by Gasteiger charge is -2.10. The van der Waals surface area contributed by atoms with Crippen molar-refractivity contribution in [2.75, 3.05) is 27.4 Å². The van der Waals surface area contributed by atoms with E-state index in [2.05, 4.69) is 20.6 Å². The molecule has 0 saturated carbocycles. The third-order valence-electron chi connectivity index (χ3n) is 4.63. The van der Waals surface area contributed by atoms with Gasteiger partial charge in [-0.2, -0.15) is 4.52 Å². The number of hydrogen-bond acceptors (Lipinski definition) is 7. The number of fused-ring (bicyclic) bond motifs is 1. The van der Waals surface area contributed by atoms with Gasteiger partial charge in [0.2, 0.25) is 5.88 Å². The van der Waals surface area contributed by atoms with Crippen LogP contribution in [-0.4, -0.2) is 53.1 Å². The van der Waals surface area contributed by atoms with Crippen molar-refractivity contribution in [1.82, 2.24) is 25.1 Å². The van der Waals surface area contributed by atoms with Gasteiger partial charge < -0.3 is 19.5 Å². The Morgan fingerprint density at radius 2 is 1.84 bits per heavy atom. The molecule has 0 aliphatic carbocycles. The Kier molecular flexibility index (Phi) is 6.37. The number of benzene rings is 2. The van der Waals surface area contributed by atoms with Crippen LogP contribution in [-0.2, 0) is 0 Å². The highest BCUT2D eigenvalue weighted by atomic mass is 35.5. The molecular weight excluding hydrogens is 434 g/mol. The predicted molar refractivity (Wildman–Crippen MR) is 119 cm³/mol. The summed E-state index contributed by atoms with van der Waals surface area (Å²) in [6.45, 7) is 0.539. The first-order valence-corrected chi connectivity index (χ1v) is 10.1. The zero-order valence-corrected chi connectivity index (χ0v) is 18.2. The number of hydrogen-bond donors (Lipinski definition) is 1. The lowest BCUT2D eigenvalue weighted by Crippen LogP contribution is -2.28. The van der Waals surface area contributed by atoms with Crippen molar-refractivity contribution in [3.8, 4) is 28.8 Å². The van der Waals surface area contributed by atoms with Crippen molar-refractivity contribution >= 4 is 23.2 Å². The van der Waals surface area contributed by atoms with Gasteiger partial charge in [0.25, 0.3) is 5.91 Å². The first-order chi connectivity index (χ1) is 15.6. The standard InChI is InChI=1S/C22H20ClN5O4/c1-30-16-7-8-18(31-2)17(13-16)21-26-25-19-9-10-20(27-28(19)21)32-12-11-24-22(29)14-3-5-15(23)6-4-14/h3-10,13H,11-12H2,1-2H3,(H,24,29). The van der Waals surface area contributed by atoms with Crippen LogP contribution in [0, 0.1) is 0 Å². The number of halogens is 1. The fourth-order valence-electron chi connectivity index (χ4n) is 3.03. The molecule has 4 rings (SSSR count). The molecule has 2 heterocycles. The van der Waals surface area contributed by atoms with E-state index in [0.29, 0.717) is 51.5 Å². The number of nitrogens with zero attached hydrogens (tertiary/aromatic N) is 4. The molecule has 2 aromatic carbocycles. The van der Waals surface area contributed by atoms with E-state index in [1.807, 2.05) is 0 Å². The van der Waals surface area contributed by atoms with Gasteiger partial charge >= 0.3 is 0 Å². The minimum absolute atomic E-state index is 0.208. The number of rotatable bonds is 8. The molecule has 0 saturated heterocycles. The number of carbonyl (C=O) groups excluding carboxylic acids is 1. The maximum Gasteiger partial charge on any atom is 0.251 e. The summed E-state index contributed by atoms with van der Waals surface area (Å²) >= 11 is 5.84. The lowest BCUT2D eigenvalue weighted by atomic mass is 10.2. The summed E-state index contributed by atoms with van der Waals surface area (Å²) in [6.07, 6.45) is 0. The van der Waals surface area contributed by atoms with Gasteiger partial charge in [-0.3, -0.25) is 4.79 Å². The molecule has 10 heteroatoms.